The van der Waals surface area contributed by atoms with E-state index in [2.05, 4.69) is 0 Å². The zero-order valence-electron chi connectivity index (χ0n) is 17.9. The lowest BCUT2D eigenvalue weighted by Crippen LogP contribution is -2.42. The van der Waals surface area contributed by atoms with E-state index < -0.39 is 28.4 Å². The molecule has 0 radical (unpaired) electrons. The molecule has 1 amide bonds. The monoisotopic (exact) mass is 511 g/mol. The molecular formula is C23H23Cl2NO6S. The minimum atomic E-state index is -4.25. The number of halogens is 2. The Balaban J connectivity index is 1.90. The van der Waals surface area contributed by atoms with Crippen LogP contribution in [0.3, 0.4) is 0 Å². The van der Waals surface area contributed by atoms with E-state index in [9.17, 15) is 22.8 Å². The van der Waals surface area contributed by atoms with Crippen molar-refractivity contribution in [3.8, 4) is 5.75 Å². The number of ketones is 2. The second-order valence-electron chi connectivity index (χ2n) is 7.72. The normalized spacial score (nSPS) is 17.1. The highest BCUT2D eigenvalue weighted by atomic mass is 35.5. The van der Waals surface area contributed by atoms with Gasteiger partial charge in [-0.15, -0.1) is 0 Å². The van der Waals surface area contributed by atoms with Crippen LogP contribution in [0.15, 0.2) is 47.4 Å². The van der Waals surface area contributed by atoms with Crippen molar-refractivity contribution in [1.29, 1.82) is 0 Å². The van der Waals surface area contributed by atoms with E-state index in [4.69, 9.17) is 27.9 Å². The van der Waals surface area contributed by atoms with E-state index in [1.54, 1.807) is 25.1 Å². The molecule has 3 rings (SSSR count). The van der Waals surface area contributed by atoms with Crippen LogP contribution < -0.4 is 4.74 Å². The van der Waals surface area contributed by atoms with Gasteiger partial charge in [0, 0.05) is 28.8 Å². The largest absolute Gasteiger partial charge is 0.486 e. The number of rotatable bonds is 8. The maximum atomic E-state index is 13.3. The summed E-state index contributed by atoms with van der Waals surface area (Å²) < 4.78 is 32.6. The Bertz CT molecular complexity index is 1160. The fraction of sp³-hybridized carbons (Fsp3) is 0.348. The molecule has 7 nitrogen and oxygen atoms in total. The molecule has 1 atom stereocenters. The second-order valence-corrected chi connectivity index (χ2v) is 10.5. The fourth-order valence-corrected chi connectivity index (χ4v) is 5.24. The van der Waals surface area contributed by atoms with Crippen molar-refractivity contribution in [1.82, 2.24) is 4.31 Å². The van der Waals surface area contributed by atoms with Gasteiger partial charge in [0.1, 0.15) is 12.4 Å². The summed E-state index contributed by atoms with van der Waals surface area (Å²) in [6.07, 6.45) is 0.677. The van der Waals surface area contributed by atoms with Gasteiger partial charge in [-0.25, -0.2) is 12.7 Å². The van der Waals surface area contributed by atoms with Crippen molar-refractivity contribution in [2.45, 2.75) is 37.5 Å². The minimum absolute atomic E-state index is 0.0636. The molecule has 2 aromatic rings. The van der Waals surface area contributed by atoms with Crippen molar-refractivity contribution < 1.29 is 27.5 Å². The lowest BCUT2D eigenvalue weighted by atomic mass is 9.93. The molecule has 33 heavy (non-hydrogen) atoms. The zero-order chi connectivity index (χ0) is 24.2. The van der Waals surface area contributed by atoms with Gasteiger partial charge in [0.2, 0.25) is 5.91 Å². The number of carbonyl (C=O) groups excluding carboxylic acids is 3. The Morgan fingerprint density at radius 3 is 2.42 bits per heavy atom. The first kappa shape index (κ1) is 25.2. The van der Waals surface area contributed by atoms with Crippen LogP contribution in [-0.2, 0) is 30.8 Å². The smallest absolute Gasteiger partial charge is 0.266 e. The summed E-state index contributed by atoms with van der Waals surface area (Å²) in [7, 11) is -4.25. The van der Waals surface area contributed by atoms with Crippen molar-refractivity contribution in [3.63, 3.8) is 0 Å². The molecule has 0 aromatic heterocycles. The van der Waals surface area contributed by atoms with Gasteiger partial charge in [0.15, 0.2) is 11.6 Å². The number of hydrogen-bond donors (Lipinski definition) is 0. The van der Waals surface area contributed by atoms with E-state index in [-0.39, 0.29) is 42.3 Å². The van der Waals surface area contributed by atoms with Gasteiger partial charge in [0.05, 0.1) is 11.4 Å². The predicted molar refractivity (Wildman–Crippen MR) is 124 cm³/mol. The number of hydrogen-bond acceptors (Lipinski definition) is 6. The molecule has 0 saturated carbocycles. The Morgan fingerprint density at radius 1 is 1.09 bits per heavy atom. The third kappa shape index (κ3) is 6.13. The number of amides is 1. The first-order valence-electron chi connectivity index (χ1n) is 10.4. The highest BCUT2D eigenvalue weighted by molar-refractivity contribution is 7.89. The Morgan fingerprint density at radius 2 is 1.76 bits per heavy atom. The van der Waals surface area contributed by atoms with Crippen LogP contribution in [0.25, 0.3) is 0 Å². The number of sulfonamides is 1. The van der Waals surface area contributed by atoms with Gasteiger partial charge in [-0.2, -0.15) is 0 Å². The molecule has 1 unspecified atom stereocenters. The molecule has 1 aliphatic heterocycles. The molecule has 0 bridgehead atoms. The molecule has 0 aliphatic carbocycles. The number of nitrogens with zero attached hydrogens (tertiary/aromatic N) is 1. The zero-order valence-corrected chi connectivity index (χ0v) is 20.3. The molecule has 0 spiro atoms. The average molecular weight is 512 g/mol. The minimum Gasteiger partial charge on any atom is -0.486 e. The SMILES string of the molecule is CCC(=O)COc1ccc(Cl)cc1CC1CCC(=O)CN(S(=O)(=O)c2ccc(Cl)cc2)C1=O. The topological polar surface area (TPSA) is 97.8 Å². The molecule has 2 aromatic carbocycles. The molecular weight excluding hydrogens is 489 g/mol. The number of benzene rings is 2. The molecule has 176 valence electrons. The molecule has 0 N–H and O–H groups in total. The number of Topliss-reactive ketones (excluding diaryl/α,β-unsaturated/α-hetero) is 2. The number of ether oxygens (including phenoxy) is 1. The van der Waals surface area contributed by atoms with E-state index in [1.807, 2.05) is 0 Å². The molecule has 1 saturated heterocycles. The molecule has 1 aliphatic rings. The maximum Gasteiger partial charge on any atom is 0.266 e. The second kappa shape index (κ2) is 10.7. The van der Waals surface area contributed by atoms with Gasteiger partial charge in [-0.3, -0.25) is 14.4 Å². The molecule has 1 fully saturated rings. The van der Waals surface area contributed by atoms with Crippen molar-refractivity contribution in [2.75, 3.05) is 13.2 Å². The Labute approximate surface area is 202 Å². The summed E-state index contributed by atoms with van der Waals surface area (Å²) in [4.78, 5) is 37.2. The summed E-state index contributed by atoms with van der Waals surface area (Å²) >= 11 is 12.0. The van der Waals surface area contributed by atoms with Gasteiger partial charge < -0.3 is 4.74 Å². The summed E-state index contributed by atoms with van der Waals surface area (Å²) in [6, 6.07) is 10.2. The van der Waals surface area contributed by atoms with Crippen LogP contribution in [0, 0.1) is 5.92 Å². The van der Waals surface area contributed by atoms with Gasteiger partial charge >= 0.3 is 0 Å². The molecule has 1 heterocycles. The summed E-state index contributed by atoms with van der Waals surface area (Å²) in [6.45, 7) is 1.08. The third-order valence-corrected chi connectivity index (χ3v) is 7.60. The van der Waals surface area contributed by atoms with Crippen LogP contribution in [0.2, 0.25) is 10.0 Å². The van der Waals surface area contributed by atoms with Crippen LogP contribution in [0.4, 0.5) is 0 Å². The Kier molecular flexibility index (Phi) is 8.15. The van der Waals surface area contributed by atoms with Crippen molar-refractivity contribution in [3.05, 3.63) is 58.1 Å². The highest BCUT2D eigenvalue weighted by Crippen LogP contribution is 2.31. The van der Waals surface area contributed by atoms with Gasteiger partial charge in [-0.05, 0) is 60.9 Å². The van der Waals surface area contributed by atoms with E-state index in [1.165, 1.54) is 24.3 Å². The standard InChI is InChI=1S/C23H23Cl2NO6S/c1-2-19(27)14-32-22-10-6-18(25)12-16(22)11-15-3-7-20(28)13-26(23(15)29)33(30,31)21-8-4-17(24)5-9-21/h4-6,8-10,12,15H,2-3,7,11,13-14H2,1H3. The summed E-state index contributed by atoms with van der Waals surface area (Å²) in [5.41, 5.74) is 0.558. The molecule has 10 heteroatoms. The quantitative estimate of drug-likeness (QED) is 0.529. The van der Waals surface area contributed by atoms with E-state index in [0.717, 1.165) is 0 Å². The van der Waals surface area contributed by atoms with Crippen LogP contribution >= 0.6 is 23.2 Å². The third-order valence-electron chi connectivity index (χ3n) is 5.36. The Hall–Kier alpha value is -2.42. The van der Waals surface area contributed by atoms with E-state index >= 15 is 0 Å². The predicted octanol–water partition coefficient (Wildman–Crippen LogP) is 4.09. The van der Waals surface area contributed by atoms with Crippen LogP contribution in [0.5, 0.6) is 5.75 Å². The van der Waals surface area contributed by atoms with Gasteiger partial charge in [0.25, 0.3) is 10.0 Å². The summed E-state index contributed by atoms with van der Waals surface area (Å²) in [5, 5.41) is 0.752. The first-order chi connectivity index (χ1) is 15.6. The average Bonchev–Trinajstić information content (AvgIpc) is 2.92. The fourth-order valence-electron chi connectivity index (χ4n) is 3.48. The maximum absolute atomic E-state index is 13.3. The summed E-state index contributed by atoms with van der Waals surface area (Å²) in [5.74, 6) is -1.52. The lowest BCUT2D eigenvalue weighted by Gasteiger charge is -2.24. The van der Waals surface area contributed by atoms with E-state index in [0.29, 0.717) is 32.1 Å². The van der Waals surface area contributed by atoms with Crippen LogP contribution in [-0.4, -0.2) is 43.3 Å². The highest BCUT2D eigenvalue weighted by Gasteiger charge is 2.38. The van der Waals surface area contributed by atoms with Crippen LogP contribution in [0.1, 0.15) is 31.7 Å². The van der Waals surface area contributed by atoms with Crippen molar-refractivity contribution in [2.24, 2.45) is 5.92 Å². The first-order valence-corrected chi connectivity index (χ1v) is 12.6. The lowest BCUT2D eigenvalue weighted by molar-refractivity contribution is -0.131. The van der Waals surface area contributed by atoms with Gasteiger partial charge in [-0.1, -0.05) is 30.1 Å². The number of carbonyl (C=O) groups is 3. The van der Waals surface area contributed by atoms with Crippen molar-refractivity contribution >= 4 is 50.7 Å².